The molecule has 0 saturated heterocycles. The Balaban J connectivity index is -0.0000000300. The Bertz CT molecular complexity index is 62.0. The quantitative estimate of drug-likeness (QED) is 0.268. The van der Waals surface area contributed by atoms with E-state index in [9.17, 15) is 0 Å². The molecule has 0 aliphatic carbocycles. The van der Waals surface area contributed by atoms with Gasteiger partial charge >= 0.3 is 100 Å². The molecular formula is HBBaKNO6. The maximum Gasteiger partial charge on any atom is 2.00 e. The fourth-order valence-electron chi connectivity index (χ4n) is 0. The molecule has 1 N–H and O–H groups in total. The van der Waals surface area contributed by atoms with Crippen molar-refractivity contribution in [3.63, 3.8) is 0 Å². The smallest absolute Gasteiger partial charge is 0.871 e. The van der Waals surface area contributed by atoms with Crippen LogP contribution in [-0.2, 0) is 0 Å². The van der Waals surface area contributed by atoms with Crippen LogP contribution in [0.1, 0.15) is 0 Å². The molecular weight excluding hydrogens is 297 g/mol. The van der Waals surface area contributed by atoms with Crippen LogP contribution in [0.5, 0.6) is 0 Å². The second-order valence-corrected chi connectivity index (χ2v) is 0.531. The standard InChI is InChI=1S/BHO3.Ba.K.NO3/c2-1(3)4;;;2-1(3)4/h2H;;;/q-2;+2;+1;-1. The van der Waals surface area contributed by atoms with Gasteiger partial charge in [-0.25, -0.2) is 0 Å². The SMILES string of the molecule is O=[N+]([O-])[O-].[Ba+2].[K+].[O-]B([O-])O. The summed E-state index contributed by atoms with van der Waals surface area (Å²) in [4.78, 5) is 8.25. The first-order chi connectivity index (χ1) is 3.46. The molecule has 7 nitrogen and oxygen atoms in total. The Morgan fingerprint density at radius 1 is 1.30 bits per heavy atom. The second kappa shape index (κ2) is 17.4. The van der Waals surface area contributed by atoms with E-state index in [1.807, 2.05) is 0 Å². The minimum absolute atomic E-state index is 0. The third kappa shape index (κ3) is 164. The molecule has 0 aliphatic rings. The van der Waals surface area contributed by atoms with E-state index in [2.05, 4.69) is 0 Å². The average molecular weight is 298 g/mol. The topological polar surface area (TPSA) is 133 Å². The molecule has 0 bridgehead atoms. The Kier molecular flexibility index (Phi) is 39.8. The minimum atomic E-state index is -2.67. The Morgan fingerprint density at radius 2 is 1.30 bits per heavy atom. The van der Waals surface area contributed by atoms with Crippen LogP contribution in [0.2, 0.25) is 0 Å². The van der Waals surface area contributed by atoms with Gasteiger partial charge in [-0.15, -0.1) is 0 Å². The molecule has 0 fully saturated rings. The molecule has 0 aliphatic heterocycles. The minimum Gasteiger partial charge on any atom is -0.871 e. The summed E-state index contributed by atoms with van der Waals surface area (Å²) in [6.07, 6.45) is 0. The van der Waals surface area contributed by atoms with Crippen molar-refractivity contribution >= 4 is 56.2 Å². The van der Waals surface area contributed by atoms with Crippen molar-refractivity contribution in [1.82, 2.24) is 0 Å². The van der Waals surface area contributed by atoms with Crippen LogP contribution in [0.3, 0.4) is 0 Å². The second-order valence-electron chi connectivity index (χ2n) is 0.531. The van der Waals surface area contributed by atoms with Crippen molar-refractivity contribution in [3.8, 4) is 0 Å². The van der Waals surface area contributed by atoms with E-state index in [-0.39, 0.29) is 100 Å². The fraction of sp³-hybridized carbons (Fsp3) is 0. The summed E-state index contributed by atoms with van der Waals surface area (Å²) in [6.45, 7) is 0. The first-order valence-corrected chi connectivity index (χ1v) is 1.28. The number of hydrogen-bond donors (Lipinski definition) is 1. The summed E-state index contributed by atoms with van der Waals surface area (Å²) >= 11 is 0. The van der Waals surface area contributed by atoms with Gasteiger partial charge < -0.3 is 30.4 Å². The van der Waals surface area contributed by atoms with E-state index < -0.39 is 12.4 Å². The van der Waals surface area contributed by atoms with Crippen molar-refractivity contribution < 1.29 is 71.5 Å². The average Bonchev–Trinajstić information content (AvgIpc) is 1.25. The number of nitrogens with zero attached hydrogens (tertiary/aromatic N) is 1. The van der Waals surface area contributed by atoms with E-state index >= 15 is 0 Å². The monoisotopic (exact) mass is 299 g/mol. The van der Waals surface area contributed by atoms with Gasteiger partial charge in [0.25, 0.3) is 0 Å². The molecule has 48 valence electrons. The van der Waals surface area contributed by atoms with Gasteiger partial charge in [0.2, 0.25) is 0 Å². The normalized spacial score (nSPS) is 5.10. The van der Waals surface area contributed by atoms with Crippen molar-refractivity contribution in [2.45, 2.75) is 0 Å². The molecule has 0 unspecified atom stereocenters. The van der Waals surface area contributed by atoms with E-state index in [0.717, 1.165) is 0 Å². The number of rotatable bonds is 0. The molecule has 0 aromatic carbocycles. The molecule has 0 atom stereocenters. The van der Waals surface area contributed by atoms with Gasteiger partial charge in [-0.2, -0.15) is 0 Å². The summed E-state index contributed by atoms with van der Waals surface area (Å²) in [5.41, 5.74) is 0. The largest absolute Gasteiger partial charge is 2.00 e. The van der Waals surface area contributed by atoms with Gasteiger partial charge in [0.15, 0.2) is 0 Å². The van der Waals surface area contributed by atoms with E-state index in [1.165, 1.54) is 0 Å². The van der Waals surface area contributed by atoms with Gasteiger partial charge in [0.1, 0.15) is 0 Å². The molecule has 0 spiro atoms. The molecule has 0 aromatic heterocycles. The van der Waals surface area contributed by atoms with Crippen LogP contribution in [0.4, 0.5) is 0 Å². The van der Waals surface area contributed by atoms with Crippen LogP contribution < -0.4 is 61.4 Å². The first kappa shape index (κ1) is 22.8. The third-order valence-electron chi connectivity index (χ3n) is 0. The molecule has 0 heterocycles. The van der Waals surface area contributed by atoms with Gasteiger partial charge in [0.05, 0.1) is 12.4 Å². The van der Waals surface area contributed by atoms with Crippen molar-refractivity contribution in [2.75, 3.05) is 0 Å². The van der Waals surface area contributed by atoms with E-state index in [0.29, 0.717) is 0 Å². The van der Waals surface area contributed by atoms with Crippen LogP contribution in [-0.4, -0.2) is 66.3 Å². The fourth-order valence-corrected chi connectivity index (χ4v) is 0. The summed E-state index contributed by atoms with van der Waals surface area (Å²) in [6, 6.07) is 0. The third-order valence-corrected chi connectivity index (χ3v) is 0. The zero-order valence-electron chi connectivity index (χ0n) is 5.22. The molecule has 10 heteroatoms. The molecule has 0 aromatic rings. The van der Waals surface area contributed by atoms with Gasteiger partial charge in [-0.05, 0) is 0 Å². The zero-order chi connectivity index (χ0) is 7.15. The Hall–Kier alpha value is 2.35. The maximum atomic E-state index is 8.53. The Morgan fingerprint density at radius 3 is 1.30 bits per heavy atom. The van der Waals surface area contributed by atoms with Gasteiger partial charge in [-0.3, -0.25) is 0 Å². The van der Waals surface area contributed by atoms with Crippen molar-refractivity contribution in [2.24, 2.45) is 0 Å². The molecule has 0 radical (unpaired) electrons. The summed E-state index contributed by atoms with van der Waals surface area (Å²) in [7, 11) is -2.67. The van der Waals surface area contributed by atoms with Crippen LogP contribution >= 0.6 is 0 Å². The van der Waals surface area contributed by atoms with E-state index in [4.69, 9.17) is 30.4 Å². The van der Waals surface area contributed by atoms with E-state index in [1.54, 1.807) is 0 Å². The summed E-state index contributed by atoms with van der Waals surface area (Å²) < 4.78 is 0. The molecule has 0 saturated carbocycles. The maximum absolute atomic E-state index is 8.53. The zero-order valence-corrected chi connectivity index (χ0v) is 12.8. The molecule has 10 heavy (non-hydrogen) atoms. The summed E-state index contributed by atoms with van der Waals surface area (Å²) in [5, 5.41) is 38.8. The first-order valence-electron chi connectivity index (χ1n) is 1.28. The number of hydrogen-bond acceptors (Lipinski definition) is 6. The Labute approximate surface area is 140 Å². The predicted octanol–water partition coefficient (Wildman–Crippen LogP) is -6.93. The van der Waals surface area contributed by atoms with Crippen LogP contribution in [0.25, 0.3) is 0 Å². The van der Waals surface area contributed by atoms with Crippen molar-refractivity contribution in [3.05, 3.63) is 15.3 Å². The van der Waals surface area contributed by atoms with Crippen LogP contribution in [0, 0.1) is 15.3 Å². The van der Waals surface area contributed by atoms with Crippen molar-refractivity contribution in [1.29, 1.82) is 0 Å². The van der Waals surface area contributed by atoms with Gasteiger partial charge in [-0.1, -0.05) is 0 Å². The predicted molar refractivity (Wildman–Crippen MR) is 24.1 cm³/mol. The molecule has 0 amide bonds. The summed E-state index contributed by atoms with van der Waals surface area (Å²) in [5.74, 6) is 0. The van der Waals surface area contributed by atoms with Crippen LogP contribution in [0.15, 0.2) is 0 Å². The van der Waals surface area contributed by atoms with Gasteiger partial charge in [0, 0.05) is 0 Å². The molecule has 0 rings (SSSR count).